The lowest BCUT2D eigenvalue weighted by molar-refractivity contribution is -0.143. The summed E-state index contributed by atoms with van der Waals surface area (Å²) in [5.41, 5.74) is 1.84. The topological polar surface area (TPSA) is 132 Å². The number of carbonyl (C=O) groups excluding carboxylic acids is 2. The molecule has 0 spiro atoms. The molecule has 0 aliphatic heterocycles. The molecule has 2 N–H and O–H groups in total. The Hall–Kier alpha value is -4.01. The third-order valence-electron chi connectivity index (χ3n) is 6.29. The summed E-state index contributed by atoms with van der Waals surface area (Å²) in [5, 5.41) is 15.7. The lowest BCUT2D eigenvalue weighted by Gasteiger charge is -2.26. The molecule has 1 aliphatic carbocycles. The monoisotopic (exact) mass is 491 g/mol. The van der Waals surface area contributed by atoms with Crippen molar-refractivity contribution in [3.05, 3.63) is 65.5 Å². The number of nitrogens with one attached hydrogen (secondary N) is 1. The molecule has 1 aliphatic rings. The Morgan fingerprint density at radius 3 is 2.28 bits per heavy atom. The summed E-state index contributed by atoms with van der Waals surface area (Å²) in [7, 11) is 0. The van der Waals surface area contributed by atoms with Gasteiger partial charge in [-0.1, -0.05) is 5.16 Å². The molecule has 0 atom stereocenters. The quantitative estimate of drug-likeness (QED) is 0.314. The molecule has 1 amide bonds. The number of nitrogens with zero attached hydrogens (tertiary/aromatic N) is 2. The van der Waals surface area contributed by atoms with E-state index in [9.17, 15) is 14.4 Å². The first-order chi connectivity index (χ1) is 17.4. The molecule has 0 saturated heterocycles. The van der Waals surface area contributed by atoms with Crippen molar-refractivity contribution in [2.75, 3.05) is 6.54 Å². The molecule has 4 rings (SSSR count). The highest BCUT2D eigenvalue weighted by Crippen LogP contribution is 2.28. The fourth-order valence-electron chi connectivity index (χ4n) is 4.22. The van der Waals surface area contributed by atoms with Crippen molar-refractivity contribution in [2.24, 2.45) is 5.92 Å². The molecule has 36 heavy (non-hydrogen) atoms. The van der Waals surface area contributed by atoms with Crippen molar-refractivity contribution in [1.82, 2.24) is 15.5 Å². The van der Waals surface area contributed by atoms with Gasteiger partial charge in [0.25, 0.3) is 11.8 Å². The van der Waals surface area contributed by atoms with Gasteiger partial charge in [-0.2, -0.15) is 4.98 Å². The maximum absolute atomic E-state index is 12.5. The molecule has 0 unspecified atom stereocenters. The van der Waals surface area contributed by atoms with Crippen molar-refractivity contribution in [3.8, 4) is 17.2 Å². The molecule has 1 heterocycles. The number of amides is 1. The fraction of sp³-hybridized carbons (Fsp3) is 0.370. The number of ketones is 1. The van der Waals surface area contributed by atoms with Crippen LogP contribution in [0.3, 0.4) is 0 Å². The Morgan fingerprint density at radius 1 is 1.00 bits per heavy atom. The zero-order valence-corrected chi connectivity index (χ0v) is 20.1. The molecule has 1 aromatic heterocycles. The first-order valence-corrected chi connectivity index (χ1v) is 12.1. The Labute approximate surface area is 208 Å². The van der Waals surface area contributed by atoms with Gasteiger partial charge in [0.05, 0.1) is 12.0 Å². The summed E-state index contributed by atoms with van der Waals surface area (Å²) < 4.78 is 11.1. The van der Waals surface area contributed by atoms with Gasteiger partial charge in [0.1, 0.15) is 5.75 Å². The average Bonchev–Trinajstić information content (AvgIpc) is 3.33. The van der Waals surface area contributed by atoms with Crippen LogP contribution in [0.25, 0.3) is 11.5 Å². The fourth-order valence-corrected chi connectivity index (χ4v) is 4.22. The number of aliphatic carboxylic acids is 1. The zero-order valence-electron chi connectivity index (χ0n) is 20.1. The van der Waals surface area contributed by atoms with Gasteiger partial charge < -0.3 is 19.7 Å². The summed E-state index contributed by atoms with van der Waals surface area (Å²) in [5.74, 6) is 0.399. The molecular formula is C27H29N3O6. The molecule has 2 aromatic carbocycles. The van der Waals surface area contributed by atoms with Crippen LogP contribution in [0.15, 0.2) is 53.1 Å². The molecule has 9 nitrogen and oxygen atoms in total. The smallest absolute Gasteiger partial charge is 0.306 e. The molecule has 1 saturated carbocycles. The summed E-state index contributed by atoms with van der Waals surface area (Å²) in [6.45, 7) is 2.12. The third kappa shape index (κ3) is 6.56. The predicted molar refractivity (Wildman–Crippen MR) is 131 cm³/mol. The van der Waals surface area contributed by atoms with Crippen LogP contribution in [-0.2, 0) is 4.79 Å². The number of Topliss-reactive ketones (excluding diaryl/α,β-unsaturated/α-hetero) is 1. The Balaban J connectivity index is 1.17. The van der Waals surface area contributed by atoms with Gasteiger partial charge in [0, 0.05) is 29.7 Å². The van der Waals surface area contributed by atoms with E-state index in [4.69, 9.17) is 14.4 Å². The van der Waals surface area contributed by atoms with Gasteiger partial charge in [0.15, 0.2) is 11.6 Å². The van der Waals surface area contributed by atoms with Gasteiger partial charge in [-0.25, -0.2) is 0 Å². The summed E-state index contributed by atoms with van der Waals surface area (Å²) in [6, 6.07) is 13.9. The normalized spacial score (nSPS) is 17.4. The van der Waals surface area contributed by atoms with Gasteiger partial charge in [-0.05, 0) is 87.6 Å². The molecule has 1 fully saturated rings. The first kappa shape index (κ1) is 25.1. The van der Waals surface area contributed by atoms with E-state index in [1.165, 1.54) is 0 Å². The minimum absolute atomic E-state index is 0.00281. The Bertz CT molecular complexity index is 1200. The minimum Gasteiger partial charge on any atom is -0.490 e. The van der Waals surface area contributed by atoms with Crippen molar-refractivity contribution >= 4 is 17.7 Å². The number of carboxylic acid groups (broad SMARTS) is 1. The average molecular weight is 492 g/mol. The first-order valence-electron chi connectivity index (χ1n) is 12.1. The van der Waals surface area contributed by atoms with E-state index >= 15 is 0 Å². The number of rotatable bonds is 10. The highest BCUT2D eigenvalue weighted by molar-refractivity contribution is 5.96. The van der Waals surface area contributed by atoms with Gasteiger partial charge in [-0.15, -0.1) is 0 Å². The van der Waals surface area contributed by atoms with Crippen LogP contribution in [0.2, 0.25) is 0 Å². The van der Waals surface area contributed by atoms with E-state index in [1.807, 2.05) is 0 Å². The molecule has 188 valence electrons. The lowest BCUT2D eigenvalue weighted by Crippen LogP contribution is -2.27. The van der Waals surface area contributed by atoms with Crippen LogP contribution in [0.5, 0.6) is 5.75 Å². The zero-order chi connectivity index (χ0) is 25.5. The van der Waals surface area contributed by atoms with Gasteiger partial charge in [0.2, 0.25) is 0 Å². The molecule has 9 heteroatoms. The summed E-state index contributed by atoms with van der Waals surface area (Å²) in [6.07, 6.45) is 3.52. The standard InChI is InChI=1S/C27H29N3O6/c1-17-29-26(36-30-17)20-6-4-19(5-7-20)25(32)28-16-2-3-24(31)18-8-12-22(13-9-18)35-23-14-10-21(11-15-23)27(33)34/h4-9,12-13,21,23H,2-3,10-11,14-16H2,1H3,(H,28,32)(H,33,34). The van der Waals surface area contributed by atoms with E-state index in [-0.39, 0.29) is 23.7 Å². The van der Waals surface area contributed by atoms with Crippen LogP contribution in [0.1, 0.15) is 65.1 Å². The number of benzene rings is 2. The number of hydrogen-bond donors (Lipinski definition) is 2. The Kier molecular flexibility index (Phi) is 8.10. The van der Waals surface area contributed by atoms with Crippen LogP contribution < -0.4 is 10.1 Å². The van der Waals surface area contributed by atoms with Crippen LogP contribution in [-0.4, -0.2) is 45.6 Å². The van der Waals surface area contributed by atoms with Gasteiger partial charge in [-0.3, -0.25) is 14.4 Å². The second-order valence-electron chi connectivity index (χ2n) is 8.96. The second kappa shape index (κ2) is 11.6. The molecule has 0 radical (unpaired) electrons. The SMILES string of the molecule is Cc1noc(-c2ccc(C(=O)NCCCC(=O)c3ccc(OC4CCC(C(=O)O)CC4)cc3)cc2)n1. The number of carbonyl (C=O) groups is 3. The number of hydrogen-bond acceptors (Lipinski definition) is 7. The van der Waals surface area contributed by atoms with Crippen molar-refractivity contribution in [3.63, 3.8) is 0 Å². The second-order valence-corrected chi connectivity index (χ2v) is 8.96. The lowest BCUT2D eigenvalue weighted by atomic mass is 9.87. The highest BCUT2D eigenvalue weighted by Gasteiger charge is 2.26. The van der Waals surface area contributed by atoms with E-state index < -0.39 is 5.97 Å². The molecule has 3 aromatic rings. The summed E-state index contributed by atoms with van der Waals surface area (Å²) >= 11 is 0. The molecule has 0 bridgehead atoms. The largest absolute Gasteiger partial charge is 0.490 e. The van der Waals surface area contributed by atoms with Crippen molar-refractivity contribution in [2.45, 2.75) is 51.6 Å². The van der Waals surface area contributed by atoms with E-state index in [1.54, 1.807) is 55.5 Å². The van der Waals surface area contributed by atoms with Gasteiger partial charge >= 0.3 is 5.97 Å². The van der Waals surface area contributed by atoms with E-state index in [0.717, 1.165) is 5.56 Å². The maximum atomic E-state index is 12.5. The number of carboxylic acids is 1. The highest BCUT2D eigenvalue weighted by atomic mass is 16.5. The van der Waals surface area contributed by atoms with E-state index in [0.29, 0.717) is 73.7 Å². The maximum Gasteiger partial charge on any atom is 0.306 e. The number of ether oxygens (including phenoxy) is 1. The summed E-state index contributed by atoms with van der Waals surface area (Å²) in [4.78, 5) is 40.1. The predicted octanol–water partition coefficient (Wildman–Crippen LogP) is 4.46. The minimum atomic E-state index is -0.735. The van der Waals surface area contributed by atoms with E-state index in [2.05, 4.69) is 15.5 Å². The Morgan fingerprint density at radius 2 is 1.67 bits per heavy atom. The van der Waals surface area contributed by atoms with Crippen molar-refractivity contribution < 1.29 is 28.8 Å². The number of aryl methyl sites for hydroxylation is 1. The van der Waals surface area contributed by atoms with Crippen molar-refractivity contribution in [1.29, 1.82) is 0 Å². The van der Waals surface area contributed by atoms with Crippen LogP contribution in [0, 0.1) is 12.8 Å². The molecular weight excluding hydrogens is 462 g/mol. The van der Waals surface area contributed by atoms with Crippen LogP contribution in [0.4, 0.5) is 0 Å². The van der Waals surface area contributed by atoms with Crippen LogP contribution >= 0.6 is 0 Å². The third-order valence-corrected chi connectivity index (χ3v) is 6.29. The number of aromatic nitrogens is 2.